The number of carboxylic acids is 1. The van der Waals surface area contributed by atoms with Gasteiger partial charge in [0.1, 0.15) is 0 Å². The van der Waals surface area contributed by atoms with E-state index in [0.29, 0.717) is 6.42 Å². The van der Waals surface area contributed by atoms with E-state index in [-0.39, 0.29) is 0 Å². The Kier molecular flexibility index (Phi) is 3.38. The lowest BCUT2D eigenvalue weighted by Gasteiger charge is -2.27. The van der Waals surface area contributed by atoms with Crippen LogP contribution in [-0.4, -0.2) is 35.6 Å². The van der Waals surface area contributed by atoms with Crippen molar-refractivity contribution in [2.45, 2.75) is 26.7 Å². The lowest BCUT2D eigenvalue weighted by atomic mass is 9.80. The van der Waals surface area contributed by atoms with Gasteiger partial charge in [0.25, 0.3) is 0 Å². The van der Waals surface area contributed by atoms with Crippen LogP contribution in [-0.2, 0) is 4.79 Å². The number of likely N-dealkylation sites (tertiary alicyclic amines) is 1. The minimum absolute atomic E-state index is 0.643. The SMILES string of the molecule is C[C@H]1CCN(CC2=CC=CC(C)(C(=O)O)C2)C1. The van der Waals surface area contributed by atoms with Crippen LogP contribution in [0.5, 0.6) is 0 Å². The summed E-state index contributed by atoms with van der Waals surface area (Å²) >= 11 is 0. The molecule has 3 nitrogen and oxygen atoms in total. The van der Waals surface area contributed by atoms with Crippen LogP contribution in [0.3, 0.4) is 0 Å². The van der Waals surface area contributed by atoms with Gasteiger partial charge in [-0.1, -0.05) is 30.7 Å². The van der Waals surface area contributed by atoms with Crippen LogP contribution < -0.4 is 0 Å². The Bertz CT molecular complexity index is 372. The second-order valence-corrected chi connectivity index (χ2v) is 5.71. The van der Waals surface area contributed by atoms with Gasteiger partial charge in [-0.05, 0) is 32.2 Å². The maximum atomic E-state index is 11.2. The summed E-state index contributed by atoms with van der Waals surface area (Å²) < 4.78 is 0. The molecule has 0 saturated carbocycles. The molecule has 1 N–H and O–H groups in total. The first kappa shape index (κ1) is 12.4. The highest BCUT2D eigenvalue weighted by Gasteiger charge is 2.33. The number of aliphatic carboxylic acids is 1. The second-order valence-electron chi connectivity index (χ2n) is 5.71. The molecule has 94 valence electrons. The van der Waals surface area contributed by atoms with E-state index in [4.69, 9.17) is 0 Å². The van der Waals surface area contributed by atoms with E-state index in [0.717, 1.165) is 25.6 Å². The molecule has 0 radical (unpaired) electrons. The van der Waals surface area contributed by atoms with Crippen molar-refractivity contribution >= 4 is 5.97 Å². The summed E-state index contributed by atoms with van der Waals surface area (Å²) in [7, 11) is 0. The lowest BCUT2D eigenvalue weighted by molar-refractivity contribution is -0.145. The predicted octanol–water partition coefficient (Wildman–Crippen LogP) is 2.31. The van der Waals surface area contributed by atoms with Crippen molar-refractivity contribution in [3.8, 4) is 0 Å². The number of carboxylic acid groups (broad SMARTS) is 1. The molecule has 2 rings (SSSR count). The topological polar surface area (TPSA) is 40.5 Å². The lowest BCUT2D eigenvalue weighted by Crippen LogP contribution is -2.31. The third kappa shape index (κ3) is 2.78. The molecule has 0 bridgehead atoms. The standard InChI is InChI=1S/C14H21NO2/c1-11-5-7-15(9-11)10-12-4-3-6-14(2,8-12)13(16)17/h3-4,6,11H,5,7-10H2,1-2H3,(H,16,17)/t11-,14?/m0/s1. The highest BCUT2D eigenvalue weighted by molar-refractivity contribution is 5.77. The van der Waals surface area contributed by atoms with E-state index < -0.39 is 11.4 Å². The van der Waals surface area contributed by atoms with Crippen molar-refractivity contribution in [1.29, 1.82) is 0 Å². The fourth-order valence-corrected chi connectivity index (χ4v) is 2.70. The maximum absolute atomic E-state index is 11.2. The molecule has 3 heteroatoms. The minimum atomic E-state index is -0.728. The molecule has 1 unspecified atom stereocenters. The molecule has 0 aromatic rings. The average molecular weight is 235 g/mol. The molecule has 1 heterocycles. The number of hydrogen-bond donors (Lipinski definition) is 1. The van der Waals surface area contributed by atoms with E-state index >= 15 is 0 Å². The predicted molar refractivity (Wildman–Crippen MR) is 67.8 cm³/mol. The number of allylic oxidation sites excluding steroid dienone is 2. The zero-order chi connectivity index (χ0) is 12.5. The van der Waals surface area contributed by atoms with Crippen LogP contribution in [0.4, 0.5) is 0 Å². The summed E-state index contributed by atoms with van der Waals surface area (Å²) in [5, 5.41) is 9.23. The number of carbonyl (C=O) groups is 1. The molecule has 0 spiro atoms. The Morgan fingerprint density at radius 3 is 3.00 bits per heavy atom. The molecule has 1 fully saturated rings. The van der Waals surface area contributed by atoms with Gasteiger partial charge >= 0.3 is 5.97 Å². The van der Waals surface area contributed by atoms with Crippen LogP contribution in [0, 0.1) is 11.3 Å². The Labute approximate surface area is 103 Å². The largest absolute Gasteiger partial charge is 0.481 e. The fraction of sp³-hybridized carbons (Fsp3) is 0.643. The zero-order valence-corrected chi connectivity index (χ0v) is 10.6. The third-order valence-electron chi connectivity index (χ3n) is 3.81. The van der Waals surface area contributed by atoms with E-state index in [1.807, 2.05) is 6.08 Å². The van der Waals surface area contributed by atoms with Gasteiger partial charge in [-0.3, -0.25) is 9.69 Å². The van der Waals surface area contributed by atoms with Crippen molar-refractivity contribution < 1.29 is 9.90 Å². The molecule has 0 aromatic heterocycles. The number of nitrogens with zero attached hydrogens (tertiary/aromatic N) is 1. The van der Waals surface area contributed by atoms with Crippen molar-refractivity contribution in [3.63, 3.8) is 0 Å². The molecule has 2 aliphatic rings. The highest BCUT2D eigenvalue weighted by atomic mass is 16.4. The first-order valence-corrected chi connectivity index (χ1v) is 6.32. The molecular weight excluding hydrogens is 214 g/mol. The van der Waals surface area contributed by atoms with Crippen LogP contribution >= 0.6 is 0 Å². The van der Waals surface area contributed by atoms with Gasteiger partial charge in [0, 0.05) is 13.1 Å². The first-order chi connectivity index (χ1) is 7.99. The highest BCUT2D eigenvalue weighted by Crippen LogP contribution is 2.32. The quantitative estimate of drug-likeness (QED) is 0.816. The van der Waals surface area contributed by atoms with E-state index in [1.54, 1.807) is 13.0 Å². The normalized spacial score (nSPS) is 33.8. The van der Waals surface area contributed by atoms with Gasteiger partial charge in [-0.15, -0.1) is 0 Å². The summed E-state index contributed by atoms with van der Waals surface area (Å²) in [6.45, 7) is 7.29. The van der Waals surface area contributed by atoms with Crippen molar-refractivity contribution in [1.82, 2.24) is 4.90 Å². The molecule has 0 amide bonds. The Balaban J connectivity index is 1.97. The first-order valence-electron chi connectivity index (χ1n) is 6.32. The molecule has 0 aromatic carbocycles. The fourth-order valence-electron chi connectivity index (χ4n) is 2.70. The van der Waals surface area contributed by atoms with Crippen LogP contribution in [0.1, 0.15) is 26.7 Å². The number of rotatable bonds is 3. The van der Waals surface area contributed by atoms with E-state index in [9.17, 15) is 9.90 Å². The monoisotopic (exact) mass is 235 g/mol. The molecule has 1 aliphatic heterocycles. The number of hydrogen-bond acceptors (Lipinski definition) is 2. The summed E-state index contributed by atoms with van der Waals surface area (Å²) in [4.78, 5) is 13.6. The minimum Gasteiger partial charge on any atom is -0.481 e. The van der Waals surface area contributed by atoms with Crippen molar-refractivity contribution in [2.24, 2.45) is 11.3 Å². The van der Waals surface area contributed by atoms with Gasteiger partial charge in [0.2, 0.25) is 0 Å². The molecule has 1 saturated heterocycles. The van der Waals surface area contributed by atoms with E-state index in [1.165, 1.54) is 12.0 Å². The smallest absolute Gasteiger partial charge is 0.313 e. The summed E-state index contributed by atoms with van der Waals surface area (Å²) in [5.74, 6) is 0.0507. The van der Waals surface area contributed by atoms with Crippen LogP contribution in [0.15, 0.2) is 23.8 Å². The second kappa shape index (κ2) is 4.65. The molecule has 17 heavy (non-hydrogen) atoms. The van der Waals surface area contributed by atoms with Gasteiger partial charge in [-0.25, -0.2) is 0 Å². The van der Waals surface area contributed by atoms with Gasteiger partial charge < -0.3 is 5.11 Å². The Morgan fingerprint density at radius 2 is 2.41 bits per heavy atom. The molecule has 2 atom stereocenters. The van der Waals surface area contributed by atoms with Crippen LogP contribution in [0.25, 0.3) is 0 Å². The van der Waals surface area contributed by atoms with Gasteiger partial charge in [0.05, 0.1) is 5.41 Å². The zero-order valence-electron chi connectivity index (χ0n) is 10.6. The van der Waals surface area contributed by atoms with Gasteiger partial charge in [-0.2, -0.15) is 0 Å². The van der Waals surface area contributed by atoms with Crippen molar-refractivity contribution in [3.05, 3.63) is 23.8 Å². The van der Waals surface area contributed by atoms with Gasteiger partial charge in [0.15, 0.2) is 0 Å². The summed E-state index contributed by atoms with van der Waals surface area (Å²) in [5.41, 5.74) is 0.529. The van der Waals surface area contributed by atoms with E-state index in [2.05, 4.69) is 17.9 Å². The Hall–Kier alpha value is -1.09. The summed E-state index contributed by atoms with van der Waals surface area (Å²) in [6, 6.07) is 0. The summed E-state index contributed by atoms with van der Waals surface area (Å²) in [6.07, 6.45) is 7.68. The molecule has 1 aliphatic carbocycles. The van der Waals surface area contributed by atoms with Crippen molar-refractivity contribution in [2.75, 3.05) is 19.6 Å². The molecular formula is C14H21NO2. The Morgan fingerprint density at radius 1 is 1.65 bits per heavy atom. The van der Waals surface area contributed by atoms with Crippen LogP contribution in [0.2, 0.25) is 0 Å². The third-order valence-corrected chi connectivity index (χ3v) is 3.81. The maximum Gasteiger partial charge on any atom is 0.313 e. The average Bonchev–Trinajstić information content (AvgIpc) is 2.64.